The van der Waals surface area contributed by atoms with Crippen LogP contribution in [0.25, 0.3) is 11.5 Å². The van der Waals surface area contributed by atoms with Gasteiger partial charge in [-0.3, -0.25) is 4.98 Å². The topological polar surface area (TPSA) is 94.3 Å². The van der Waals surface area contributed by atoms with Gasteiger partial charge < -0.3 is 24.5 Å². The third-order valence-corrected chi connectivity index (χ3v) is 4.94. The van der Waals surface area contributed by atoms with E-state index < -0.39 is 0 Å². The number of ether oxygens (including phenoxy) is 2. The Hall–Kier alpha value is -4.07. The van der Waals surface area contributed by atoms with Gasteiger partial charge in [0.05, 0.1) is 5.56 Å². The van der Waals surface area contributed by atoms with E-state index in [9.17, 15) is 0 Å². The molecule has 8 nitrogen and oxygen atoms in total. The van der Waals surface area contributed by atoms with Gasteiger partial charge >= 0.3 is 6.01 Å². The number of hydrogen-bond acceptors (Lipinski definition) is 8. The van der Waals surface area contributed by atoms with Gasteiger partial charge in [0.15, 0.2) is 11.5 Å². The molecule has 2 aromatic heterocycles. The largest absolute Gasteiger partial charge is 0.486 e. The number of benzene rings is 2. The van der Waals surface area contributed by atoms with Crippen molar-refractivity contribution in [1.29, 1.82) is 0 Å². The molecule has 0 amide bonds. The van der Waals surface area contributed by atoms with Crippen molar-refractivity contribution >= 4 is 17.4 Å². The monoisotopic (exact) mass is 415 g/mol. The minimum atomic E-state index is 0.301. The number of aryl methyl sites for hydroxylation is 1. The Labute approximate surface area is 179 Å². The van der Waals surface area contributed by atoms with E-state index in [1.807, 2.05) is 55.5 Å². The van der Waals surface area contributed by atoms with Crippen LogP contribution in [-0.2, 0) is 6.54 Å². The first kappa shape index (κ1) is 18.9. The fourth-order valence-corrected chi connectivity index (χ4v) is 3.42. The molecule has 31 heavy (non-hydrogen) atoms. The van der Waals surface area contributed by atoms with Crippen LogP contribution < -0.4 is 20.1 Å². The lowest BCUT2D eigenvalue weighted by Crippen LogP contribution is -2.15. The first-order valence-electron chi connectivity index (χ1n) is 9.99. The van der Waals surface area contributed by atoms with Gasteiger partial charge in [0.2, 0.25) is 0 Å². The highest BCUT2D eigenvalue weighted by Gasteiger charge is 2.17. The van der Waals surface area contributed by atoms with Gasteiger partial charge in [-0.25, -0.2) is 0 Å². The lowest BCUT2D eigenvalue weighted by atomic mass is 10.1. The van der Waals surface area contributed by atoms with Gasteiger partial charge in [-0.2, -0.15) is 0 Å². The number of fused-ring (bicyclic) bond motifs is 1. The van der Waals surface area contributed by atoms with Crippen LogP contribution in [0.1, 0.15) is 11.1 Å². The minimum absolute atomic E-state index is 0.301. The van der Waals surface area contributed by atoms with Crippen LogP contribution in [-0.4, -0.2) is 28.4 Å². The maximum Gasteiger partial charge on any atom is 0.320 e. The Morgan fingerprint density at radius 2 is 1.77 bits per heavy atom. The van der Waals surface area contributed by atoms with E-state index in [1.54, 1.807) is 12.4 Å². The quantitative estimate of drug-likeness (QED) is 0.473. The first-order chi connectivity index (χ1) is 15.3. The summed E-state index contributed by atoms with van der Waals surface area (Å²) < 4.78 is 17.1. The summed E-state index contributed by atoms with van der Waals surface area (Å²) in [4.78, 5) is 4.06. The van der Waals surface area contributed by atoms with Gasteiger partial charge in [-0.15, -0.1) is 5.10 Å². The van der Waals surface area contributed by atoms with Crippen molar-refractivity contribution < 1.29 is 13.9 Å². The Morgan fingerprint density at radius 1 is 0.935 bits per heavy atom. The molecule has 4 aromatic rings. The highest BCUT2D eigenvalue weighted by atomic mass is 16.6. The molecule has 0 radical (unpaired) electrons. The van der Waals surface area contributed by atoms with E-state index in [4.69, 9.17) is 13.9 Å². The maximum absolute atomic E-state index is 5.94. The first-order valence-corrected chi connectivity index (χ1v) is 9.99. The number of anilines is 3. The van der Waals surface area contributed by atoms with Gasteiger partial charge in [0.1, 0.15) is 13.2 Å². The molecule has 1 aliphatic heterocycles. The van der Waals surface area contributed by atoms with Crippen LogP contribution in [0.4, 0.5) is 17.4 Å². The molecule has 0 spiro atoms. The zero-order chi connectivity index (χ0) is 21.0. The van der Waals surface area contributed by atoms with E-state index in [-0.39, 0.29) is 0 Å². The number of rotatable bonds is 6. The highest BCUT2D eigenvalue weighted by molar-refractivity contribution is 5.76. The number of hydrogen-bond donors (Lipinski definition) is 2. The molecule has 0 bridgehead atoms. The standard InChI is InChI=1S/C23H21N5O3/c1-15-3-2-4-18(25-14-16-7-9-24-10-8-16)21(15)22-27-28-23(31-22)26-17-5-6-19-20(13-17)30-12-11-29-19/h2-10,13,25H,11-12,14H2,1H3,(H,26,28). The molecule has 8 heteroatoms. The summed E-state index contributed by atoms with van der Waals surface area (Å²) in [6.45, 7) is 3.77. The average Bonchev–Trinajstić information content (AvgIpc) is 3.26. The smallest absolute Gasteiger partial charge is 0.320 e. The number of nitrogens with one attached hydrogen (secondary N) is 2. The summed E-state index contributed by atoms with van der Waals surface area (Å²) in [5, 5.41) is 15.0. The molecule has 5 rings (SSSR count). The Morgan fingerprint density at radius 3 is 2.65 bits per heavy atom. The van der Waals surface area contributed by atoms with Crippen molar-refractivity contribution in [2.45, 2.75) is 13.5 Å². The van der Waals surface area contributed by atoms with Gasteiger partial charge in [0.25, 0.3) is 5.89 Å². The molecule has 0 unspecified atom stereocenters. The Balaban J connectivity index is 1.37. The second-order valence-electron chi connectivity index (χ2n) is 7.10. The summed E-state index contributed by atoms with van der Waals surface area (Å²) in [5.74, 6) is 1.86. The van der Waals surface area contributed by atoms with E-state index in [0.717, 1.165) is 33.8 Å². The molecule has 2 N–H and O–H groups in total. The molecule has 0 saturated carbocycles. The maximum atomic E-state index is 5.94. The SMILES string of the molecule is Cc1cccc(NCc2ccncc2)c1-c1nnc(Nc2ccc3c(c2)OCCO3)o1. The minimum Gasteiger partial charge on any atom is -0.486 e. The van der Waals surface area contributed by atoms with Gasteiger partial charge in [-0.05, 0) is 48.4 Å². The molecule has 156 valence electrons. The molecular weight excluding hydrogens is 394 g/mol. The lowest BCUT2D eigenvalue weighted by molar-refractivity contribution is 0.171. The van der Waals surface area contributed by atoms with Crippen LogP contribution in [0.15, 0.2) is 65.3 Å². The van der Waals surface area contributed by atoms with Crippen LogP contribution >= 0.6 is 0 Å². The summed E-state index contributed by atoms with van der Waals surface area (Å²) in [6, 6.07) is 15.9. The van der Waals surface area contributed by atoms with Crippen molar-refractivity contribution in [3.05, 3.63) is 72.1 Å². The average molecular weight is 415 g/mol. The van der Waals surface area contributed by atoms with Gasteiger partial charge in [0, 0.05) is 36.4 Å². The number of aromatic nitrogens is 3. The molecular formula is C23H21N5O3. The van der Waals surface area contributed by atoms with Crippen molar-refractivity contribution in [2.75, 3.05) is 23.8 Å². The second kappa shape index (κ2) is 8.35. The van der Waals surface area contributed by atoms with Crippen molar-refractivity contribution in [2.24, 2.45) is 0 Å². The van der Waals surface area contributed by atoms with E-state index in [2.05, 4.69) is 25.8 Å². The molecule has 0 aliphatic carbocycles. The summed E-state index contributed by atoms with van der Waals surface area (Å²) in [5.41, 5.74) is 4.74. The third-order valence-electron chi connectivity index (χ3n) is 4.94. The van der Waals surface area contributed by atoms with Crippen LogP contribution in [0.2, 0.25) is 0 Å². The lowest BCUT2D eigenvalue weighted by Gasteiger charge is -2.18. The van der Waals surface area contributed by atoms with Gasteiger partial charge in [-0.1, -0.05) is 17.2 Å². The number of nitrogens with zero attached hydrogens (tertiary/aromatic N) is 3. The zero-order valence-corrected chi connectivity index (χ0v) is 17.0. The third kappa shape index (κ3) is 4.13. The van der Waals surface area contributed by atoms with E-state index in [1.165, 1.54) is 0 Å². The molecule has 0 saturated heterocycles. The van der Waals surface area contributed by atoms with Crippen molar-refractivity contribution in [3.63, 3.8) is 0 Å². The zero-order valence-electron chi connectivity index (χ0n) is 17.0. The van der Waals surface area contributed by atoms with E-state index in [0.29, 0.717) is 37.4 Å². The fourth-order valence-electron chi connectivity index (χ4n) is 3.42. The highest BCUT2D eigenvalue weighted by Crippen LogP contribution is 2.35. The molecule has 0 fully saturated rings. The van der Waals surface area contributed by atoms with Crippen molar-refractivity contribution in [1.82, 2.24) is 15.2 Å². The normalized spacial score (nSPS) is 12.4. The summed E-state index contributed by atoms with van der Waals surface area (Å²) in [7, 11) is 0. The molecule has 0 atom stereocenters. The second-order valence-corrected chi connectivity index (χ2v) is 7.10. The molecule has 1 aliphatic rings. The predicted molar refractivity (Wildman–Crippen MR) is 117 cm³/mol. The molecule has 3 heterocycles. The van der Waals surface area contributed by atoms with Crippen molar-refractivity contribution in [3.8, 4) is 23.0 Å². The van der Waals surface area contributed by atoms with Crippen LogP contribution in [0.5, 0.6) is 11.5 Å². The van der Waals surface area contributed by atoms with E-state index >= 15 is 0 Å². The fraction of sp³-hybridized carbons (Fsp3) is 0.174. The number of pyridine rings is 1. The van der Waals surface area contributed by atoms with Crippen LogP contribution in [0, 0.1) is 6.92 Å². The molecule has 2 aromatic carbocycles. The Kier molecular flexibility index (Phi) is 5.10. The summed E-state index contributed by atoms with van der Waals surface area (Å²) >= 11 is 0. The predicted octanol–water partition coefficient (Wildman–Crippen LogP) is 4.57. The van der Waals surface area contributed by atoms with Crippen LogP contribution in [0.3, 0.4) is 0 Å². The summed E-state index contributed by atoms with van der Waals surface area (Å²) in [6.07, 6.45) is 3.56. The Bertz CT molecular complexity index is 1190.